The number of aromatic nitrogens is 2. The molecule has 0 aliphatic carbocycles. The van der Waals surface area contributed by atoms with Crippen LogP contribution in [0, 0.1) is 0 Å². The lowest BCUT2D eigenvalue weighted by molar-refractivity contribution is 0.861. The van der Waals surface area contributed by atoms with Crippen LogP contribution in [0.4, 0.5) is 5.82 Å². The molecule has 2 N–H and O–H groups in total. The summed E-state index contributed by atoms with van der Waals surface area (Å²) in [5.41, 5.74) is 7.81. The number of hydrogen-bond donors (Lipinski definition) is 1. The van der Waals surface area contributed by atoms with E-state index in [1.807, 2.05) is 24.3 Å². The molecule has 1 heterocycles. The van der Waals surface area contributed by atoms with Crippen molar-refractivity contribution >= 4 is 5.82 Å². The van der Waals surface area contributed by atoms with Crippen LogP contribution < -0.4 is 5.73 Å². The molecule has 0 unspecified atom stereocenters. The number of nitrogen functional groups attached to an aromatic ring is 1. The molecule has 15 heavy (non-hydrogen) atoms. The Balaban J connectivity index is 2.32. The quantitative estimate of drug-likeness (QED) is 0.806. The number of nitrogens with two attached hydrogens (primary N) is 1. The molecule has 76 valence electrons. The van der Waals surface area contributed by atoms with Gasteiger partial charge in [-0.25, -0.2) is 9.97 Å². The molecule has 0 saturated heterocycles. The number of nitrogens with zero attached hydrogens (tertiary/aromatic N) is 2. The van der Waals surface area contributed by atoms with Gasteiger partial charge in [-0.1, -0.05) is 37.3 Å². The second-order valence-corrected chi connectivity index (χ2v) is 3.50. The summed E-state index contributed by atoms with van der Waals surface area (Å²) < 4.78 is 0. The molecule has 1 aromatic carbocycles. The molecule has 0 aliphatic heterocycles. The highest BCUT2D eigenvalue weighted by molar-refractivity contribution is 5.34. The van der Waals surface area contributed by atoms with Crippen molar-refractivity contribution in [2.45, 2.75) is 12.8 Å². The van der Waals surface area contributed by atoms with Crippen LogP contribution in [0.1, 0.15) is 24.1 Å². The fourth-order valence-electron chi connectivity index (χ4n) is 1.54. The molecule has 2 aromatic rings. The average molecular weight is 199 g/mol. The molecule has 1 aromatic heterocycles. The lowest BCUT2D eigenvalue weighted by Crippen LogP contribution is -2.01. The highest BCUT2D eigenvalue weighted by Crippen LogP contribution is 2.22. The summed E-state index contributed by atoms with van der Waals surface area (Å²) in [6, 6.07) is 12.0. The van der Waals surface area contributed by atoms with Crippen LogP contribution >= 0.6 is 0 Å². The third-order valence-electron chi connectivity index (χ3n) is 2.45. The normalized spacial score (nSPS) is 12.3. The highest BCUT2D eigenvalue weighted by atomic mass is 14.9. The van der Waals surface area contributed by atoms with Crippen molar-refractivity contribution in [1.29, 1.82) is 0 Å². The molecule has 0 fully saturated rings. The number of rotatable bonds is 2. The van der Waals surface area contributed by atoms with Gasteiger partial charge >= 0.3 is 0 Å². The number of anilines is 1. The van der Waals surface area contributed by atoms with E-state index in [0.717, 1.165) is 5.69 Å². The molecular weight excluding hydrogens is 186 g/mol. The van der Waals surface area contributed by atoms with Crippen molar-refractivity contribution < 1.29 is 0 Å². The minimum absolute atomic E-state index is 0.247. The Bertz CT molecular complexity index is 440. The zero-order valence-corrected chi connectivity index (χ0v) is 8.59. The highest BCUT2D eigenvalue weighted by Gasteiger charge is 2.09. The largest absolute Gasteiger partial charge is 0.384 e. The fourth-order valence-corrected chi connectivity index (χ4v) is 1.54. The monoisotopic (exact) mass is 199 g/mol. The minimum Gasteiger partial charge on any atom is -0.384 e. The van der Waals surface area contributed by atoms with Gasteiger partial charge in [0.25, 0.3) is 0 Å². The molecule has 2 rings (SSSR count). The Labute approximate surface area is 89.0 Å². The summed E-state index contributed by atoms with van der Waals surface area (Å²) in [7, 11) is 0. The molecular formula is C12H13N3. The minimum atomic E-state index is 0.247. The van der Waals surface area contributed by atoms with Crippen LogP contribution in [-0.2, 0) is 0 Å². The zero-order chi connectivity index (χ0) is 10.7. The first-order valence-corrected chi connectivity index (χ1v) is 4.90. The molecule has 1 atom stereocenters. The standard InChI is InChI=1S/C12H13N3/c1-9(10-5-3-2-4-6-10)11-7-12(13)15-8-14-11/h2-9H,1H3,(H2,13,14,15)/t9-/m0/s1. The maximum Gasteiger partial charge on any atom is 0.127 e. The van der Waals surface area contributed by atoms with E-state index in [1.165, 1.54) is 11.9 Å². The van der Waals surface area contributed by atoms with Gasteiger partial charge in [-0.15, -0.1) is 0 Å². The first-order valence-electron chi connectivity index (χ1n) is 4.90. The summed E-state index contributed by atoms with van der Waals surface area (Å²) >= 11 is 0. The lowest BCUT2D eigenvalue weighted by Gasteiger charge is -2.10. The van der Waals surface area contributed by atoms with Gasteiger partial charge in [-0.3, -0.25) is 0 Å². The van der Waals surface area contributed by atoms with Crippen LogP contribution in [0.2, 0.25) is 0 Å². The van der Waals surface area contributed by atoms with Gasteiger partial charge in [0.1, 0.15) is 12.1 Å². The predicted molar refractivity (Wildman–Crippen MR) is 60.4 cm³/mol. The molecule has 0 amide bonds. The van der Waals surface area contributed by atoms with E-state index in [2.05, 4.69) is 29.0 Å². The van der Waals surface area contributed by atoms with Crippen LogP contribution in [0.3, 0.4) is 0 Å². The van der Waals surface area contributed by atoms with Gasteiger partial charge in [0.2, 0.25) is 0 Å². The van der Waals surface area contributed by atoms with Gasteiger partial charge in [0, 0.05) is 12.0 Å². The average Bonchev–Trinajstić information content (AvgIpc) is 2.29. The summed E-state index contributed by atoms with van der Waals surface area (Å²) in [6.45, 7) is 2.11. The van der Waals surface area contributed by atoms with E-state index in [9.17, 15) is 0 Å². The zero-order valence-electron chi connectivity index (χ0n) is 8.59. The molecule has 0 bridgehead atoms. The molecule has 0 aliphatic rings. The van der Waals surface area contributed by atoms with Gasteiger partial charge in [0.15, 0.2) is 0 Å². The van der Waals surface area contributed by atoms with Crippen LogP contribution in [0.15, 0.2) is 42.7 Å². The van der Waals surface area contributed by atoms with Crippen molar-refractivity contribution in [2.75, 3.05) is 5.73 Å². The van der Waals surface area contributed by atoms with Crippen molar-refractivity contribution in [3.63, 3.8) is 0 Å². The van der Waals surface area contributed by atoms with Crippen LogP contribution in [-0.4, -0.2) is 9.97 Å². The fraction of sp³-hybridized carbons (Fsp3) is 0.167. The van der Waals surface area contributed by atoms with Crippen molar-refractivity contribution in [2.24, 2.45) is 0 Å². The van der Waals surface area contributed by atoms with Gasteiger partial charge in [-0.05, 0) is 5.56 Å². The predicted octanol–water partition coefficient (Wildman–Crippen LogP) is 2.21. The molecule has 0 radical (unpaired) electrons. The van der Waals surface area contributed by atoms with Gasteiger partial charge in [0.05, 0.1) is 5.69 Å². The van der Waals surface area contributed by atoms with E-state index in [0.29, 0.717) is 5.82 Å². The van der Waals surface area contributed by atoms with Gasteiger partial charge in [-0.2, -0.15) is 0 Å². The third kappa shape index (κ3) is 2.13. The maximum absolute atomic E-state index is 5.62. The Morgan fingerprint density at radius 2 is 1.87 bits per heavy atom. The van der Waals surface area contributed by atoms with Crippen LogP contribution in [0.25, 0.3) is 0 Å². The van der Waals surface area contributed by atoms with E-state index < -0.39 is 0 Å². The summed E-state index contributed by atoms with van der Waals surface area (Å²) in [5, 5.41) is 0. The third-order valence-corrected chi connectivity index (χ3v) is 2.45. The summed E-state index contributed by atoms with van der Waals surface area (Å²) in [4.78, 5) is 8.11. The van der Waals surface area contributed by atoms with E-state index in [1.54, 1.807) is 0 Å². The van der Waals surface area contributed by atoms with Crippen molar-refractivity contribution in [1.82, 2.24) is 9.97 Å². The Hall–Kier alpha value is -1.90. The van der Waals surface area contributed by atoms with E-state index >= 15 is 0 Å². The van der Waals surface area contributed by atoms with Gasteiger partial charge < -0.3 is 5.73 Å². The first-order chi connectivity index (χ1) is 7.27. The summed E-state index contributed by atoms with van der Waals surface area (Å²) in [6.07, 6.45) is 1.50. The number of hydrogen-bond acceptors (Lipinski definition) is 3. The first kappa shape index (κ1) is 9.65. The molecule has 0 saturated carbocycles. The molecule has 3 nitrogen and oxygen atoms in total. The summed E-state index contributed by atoms with van der Waals surface area (Å²) in [5.74, 6) is 0.763. The Morgan fingerprint density at radius 1 is 1.13 bits per heavy atom. The van der Waals surface area contributed by atoms with Crippen molar-refractivity contribution in [3.05, 3.63) is 54.0 Å². The SMILES string of the molecule is C[C@@H](c1ccccc1)c1cc(N)ncn1. The molecule has 3 heteroatoms. The smallest absolute Gasteiger partial charge is 0.127 e. The lowest BCUT2D eigenvalue weighted by atomic mass is 9.98. The van der Waals surface area contributed by atoms with Crippen molar-refractivity contribution in [3.8, 4) is 0 Å². The topological polar surface area (TPSA) is 51.8 Å². The Morgan fingerprint density at radius 3 is 2.53 bits per heavy atom. The molecule has 0 spiro atoms. The van der Waals surface area contributed by atoms with Crippen LogP contribution in [0.5, 0.6) is 0 Å². The number of benzene rings is 1. The second kappa shape index (κ2) is 4.09. The van der Waals surface area contributed by atoms with E-state index in [4.69, 9.17) is 5.73 Å². The Kier molecular flexibility index (Phi) is 2.63. The maximum atomic E-state index is 5.62. The second-order valence-electron chi connectivity index (χ2n) is 3.50. The van der Waals surface area contributed by atoms with E-state index in [-0.39, 0.29) is 5.92 Å².